The van der Waals surface area contributed by atoms with Crippen LogP contribution in [0, 0.1) is 9.39 Å². The van der Waals surface area contributed by atoms with E-state index in [9.17, 15) is 22.4 Å². The Morgan fingerprint density at radius 2 is 2.00 bits per heavy atom. The largest absolute Gasteiger partial charge is 0.494 e. The molecule has 8 heteroatoms. The first-order valence-corrected chi connectivity index (χ1v) is 5.25. The SMILES string of the molecule is COc1ccc(NC(=O)C(F)(F)F)c(I)c1F. The van der Waals surface area contributed by atoms with E-state index in [0.717, 1.165) is 12.1 Å². The van der Waals surface area contributed by atoms with Gasteiger partial charge in [0.25, 0.3) is 0 Å². The number of hydrogen-bond acceptors (Lipinski definition) is 2. The van der Waals surface area contributed by atoms with E-state index in [1.54, 1.807) is 5.32 Å². The number of carbonyl (C=O) groups is 1. The van der Waals surface area contributed by atoms with E-state index < -0.39 is 17.9 Å². The third-order valence-corrected chi connectivity index (χ3v) is 2.83. The molecule has 94 valence electrons. The molecule has 17 heavy (non-hydrogen) atoms. The summed E-state index contributed by atoms with van der Waals surface area (Å²) in [6.07, 6.45) is -5.01. The first kappa shape index (κ1) is 14.0. The quantitative estimate of drug-likeness (QED) is 0.648. The van der Waals surface area contributed by atoms with Crippen molar-refractivity contribution in [2.45, 2.75) is 6.18 Å². The second kappa shape index (κ2) is 5.07. The van der Waals surface area contributed by atoms with Crippen LogP contribution < -0.4 is 10.1 Å². The molecule has 0 aliphatic carbocycles. The Hall–Kier alpha value is -1.06. The minimum atomic E-state index is -5.01. The number of carbonyl (C=O) groups excluding carboxylic acids is 1. The normalized spacial score (nSPS) is 11.2. The van der Waals surface area contributed by atoms with Crippen molar-refractivity contribution < 1.29 is 27.1 Å². The Balaban J connectivity index is 3.02. The maximum Gasteiger partial charge on any atom is 0.471 e. The molecule has 1 amide bonds. The lowest BCUT2D eigenvalue weighted by Gasteiger charge is -2.11. The Kier molecular flexibility index (Phi) is 4.17. The zero-order valence-electron chi connectivity index (χ0n) is 8.36. The van der Waals surface area contributed by atoms with Crippen LogP contribution in [0.15, 0.2) is 12.1 Å². The Morgan fingerprint density at radius 1 is 1.41 bits per heavy atom. The van der Waals surface area contributed by atoms with Crippen molar-refractivity contribution in [1.82, 2.24) is 0 Å². The minimum absolute atomic E-state index is 0.112. The first-order valence-electron chi connectivity index (χ1n) is 4.17. The molecular formula is C9H6F4INO2. The molecule has 0 fully saturated rings. The number of alkyl halides is 3. The molecule has 0 aliphatic heterocycles. The van der Waals surface area contributed by atoms with Gasteiger partial charge in [-0.25, -0.2) is 4.39 Å². The molecule has 0 saturated heterocycles. The summed E-state index contributed by atoms with van der Waals surface area (Å²) >= 11 is 1.48. The fraction of sp³-hybridized carbons (Fsp3) is 0.222. The number of benzene rings is 1. The van der Waals surface area contributed by atoms with Gasteiger partial charge in [0, 0.05) is 0 Å². The van der Waals surface area contributed by atoms with Crippen molar-refractivity contribution in [1.29, 1.82) is 0 Å². The fourth-order valence-electron chi connectivity index (χ4n) is 0.979. The summed E-state index contributed by atoms with van der Waals surface area (Å²) < 4.78 is 53.9. The molecule has 0 unspecified atom stereocenters. The minimum Gasteiger partial charge on any atom is -0.494 e. The summed E-state index contributed by atoms with van der Waals surface area (Å²) in [5, 5.41) is 1.58. The number of halogens is 5. The average molecular weight is 363 g/mol. The van der Waals surface area contributed by atoms with Crippen LogP contribution in [0.1, 0.15) is 0 Å². The smallest absolute Gasteiger partial charge is 0.471 e. The summed E-state index contributed by atoms with van der Waals surface area (Å²) in [6, 6.07) is 2.26. The lowest BCUT2D eigenvalue weighted by molar-refractivity contribution is -0.167. The van der Waals surface area contributed by atoms with E-state index in [2.05, 4.69) is 4.74 Å². The summed E-state index contributed by atoms with van der Waals surface area (Å²) in [5.41, 5.74) is -0.258. The van der Waals surface area contributed by atoms with Gasteiger partial charge in [-0.2, -0.15) is 13.2 Å². The van der Waals surface area contributed by atoms with E-state index in [4.69, 9.17) is 0 Å². The molecule has 3 nitrogen and oxygen atoms in total. The lowest BCUT2D eigenvalue weighted by atomic mass is 10.3. The molecule has 1 rings (SSSR count). The highest BCUT2D eigenvalue weighted by atomic mass is 127. The molecule has 1 aromatic rings. The van der Waals surface area contributed by atoms with E-state index in [1.807, 2.05) is 0 Å². The van der Waals surface area contributed by atoms with Crippen molar-refractivity contribution in [2.75, 3.05) is 12.4 Å². The van der Waals surface area contributed by atoms with Crippen LogP contribution >= 0.6 is 22.6 Å². The van der Waals surface area contributed by atoms with E-state index >= 15 is 0 Å². The number of nitrogens with one attached hydrogen (secondary N) is 1. The highest BCUT2D eigenvalue weighted by Gasteiger charge is 2.39. The van der Waals surface area contributed by atoms with Gasteiger partial charge in [-0.05, 0) is 34.7 Å². The predicted molar refractivity (Wildman–Crippen MR) is 60.4 cm³/mol. The first-order chi connectivity index (χ1) is 7.77. The molecule has 0 bridgehead atoms. The molecule has 1 aromatic carbocycles. The van der Waals surface area contributed by atoms with Gasteiger partial charge < -0.3 is 10.1 Å². The van der Waals surface area contributed by atoms with Gasteiger partial charge in [0.15, 0.2) is 11.6 Å². The van der Waals surface area contributed by atoms with E-state index in [0.29, 0.717) is 0 Å². The topological polar surface area (TPSA) is 38.3 Å². The van der Waals surface area contributed by atoms with Crippen LogP contribution in [0.3, 0.4) is 0 Å². The summed E-state index contributed by atoms with van der Waals surface area (Å²) in [4.78, 5) is 10.7. The van der Waals surface area contributed by atoms with Crippen LogP contribution in [-0.2, 0) is 4.79 Å². The van der Waals surface area contributed by atoms with Crippen LogP contribution in [0.5, 0.6) is 5.75 Å². The summed E-state index contributed by atoms with van der Waals surface area (Å²) in [5.74, 6) is -3.09. The predicted octanol–water partition coefficient (Wildman–Crippen LogP) is 2.94. The van der Waals surface area contributed by atoms with E-state index in [1.165, 1.54) is 29.7 Å². The molecule has 0 spiro atoms. The molecule has 0 radical (unpaired) electrons. The highest BCUT2D eigenvalue weighted by Crippen LogP contribution is 2.29. The third-order valence-electron chi connectivity index (χ3n) is 1.77. The standard InChI is InChI=1S/C9H6F4INO2/c1-17-5-3-2-4(7(14)6(5)10)15-8(16)9(11,12)13/h2-3H,1H3,(H,15,16). The van der Waals surface area contributed by atoms with Crippen LogP contribution in [-0.4, -0.2) is 19.2 Å². The van der Waals surface area contributed by atoms with Gasteiger partial charge in [-0.3, -0.25) is 4.79 Å². The van der Waals surface area contributed by atoms with Crippen LogP contribution in [0.25, 0.3) is 0 Å². The van der Waals surface area contributed by atoms with Crippen molar-refractivity contribution in [3.63, 3.8) is 0 Å². The van der Waals surface area contributed by atoms with E-state index in [-0.39, 0.29) is 15.0 Å². The Labute approximate surface area is 107 Å². The lowest BCUT2D eigenvalue weighted by Crippen LogP contribution is -2.30. The molecule has 1 N–H and O–H groups in total. The van der Waals surface area contributed by atoms with Crippen LogP contribution in [0.2, 0.25) is 0 Å². The van der Waals surface area contributed by atoms with Crippen molar-refractivity contribution >= 4 is 34.2 Å². The average Bonchev–Trinajstić information content (AvgIpc) is 2.23. The number of rotatable bonds is 2. The third kappa shape index (κ3) is 3.20. The molecule has 0 saturated carbocycles. The summed E-state index contributed by atoms with van der Waals surface area (Å²) in [6.45, 7) is 0. The number of methoxy groups -OCH3 is 1. The fourth-order valence-corrected chi connectivity index (χ4v) is 1.56. The maximum atomic E-state index is 13.4. The van der Waals surface area contributed by atoms with Gasteiger partial charge in [0.05, 0.1) is 16.4 Å². The highest BCUT2D eigenvalue weighted by molar-refractivity contribution is 14.1. The van der Waals surface area contributed by atoms with Crippen molar-refractivity contribution in [2.24, 2.45) is 0 Å². The number of amides is 1. The maximum absolute atomic E-state index is 13.4. The Bertz CT molecular complexity index is 447. The van der Waals surface area contributed by atoms with Gasteiger partial charge in [0.2, 0.25) is 0 Å². The Morgan fingerprint density at radius 3 is 2.47 bits per heavy atom. The van der Waals surface area contributed by atoms with Gasteiger partial charge >= 0.3 is 12.1 Å². The number of ether oxygens (including phenoxy) is 1. The molecule has 0 aromatic heterocycles. The second-order valence-corrected chi connectivity index (χ2v) is 3.97. The monoisotopic (exact) mass is 363 g/mol. The zero-order chi connectivity index (χ0) is 13.2. The van der Waals surface area contributed by atoms with Crippen LogP contribution in [0.4, 0.5) is 23.2 Å². The molecule has 0 aliphatic rings. The molecule has 0 atom stereocenters. The van der Waals surface area contributed by atoms with Crippen molar-refractivity contribution in [3.8, 4) is 5.75 Å². The number of hydrogen-bond donors (Lipinski definition) is 1. The molecular weight excluding hydrogens is 357 g/mol. The number of anilines is 1. The second-order valence-electron chi connectivity index (χ2n) is 2.90. The van der Waals surface area contributed by atoms with Gasteiger partial charge in [-0.1, -0.05) is 0 Å². The van der Waals surface area contributed by atoms with Gasteiger partial charge in [0.1, 0.15) is 0 Å². The zero-order valence-corrected chi connectivity index (χ0v) is 10.5. The van der Waals surface area contributed by atoms with Gasteiger partial charge in [-0.15, -0.1) is 0 Å². The summed E-state index contributed by atoms with van der Waals surface area (Å²) in [7, 11) is 1.22. The van der Waals surface area contributed by atoms with Crippen molar-refractivity contribution in [3.05, 3.63) is 21.5 Å². The molecule has 0 heterocycles.